The Labute approximate surface area is 201 Å². The van der Waals surface area contributed by atoms with Gasteiger partial charge in [0.15, 0.2) is 17.8 Å². The first-order valence-corrected chi connectivity index (χ1v) is 11.5. The van der Waals surface area contributed by atoms with E-state index in [1.165, 1.54) is 0 Å². The summed E-state index contributed by atoms with van der Waals surface area (Å²) in [5.74, 6) is -1.12. The summed E-state index contributed by atoms with van der Waals surface area (Å²) in [5.41, 5.74) is 4.65. The van der Waals surface area contributed by atoms with E-state index in [1.54, 1.807) is 4.90 Å². The smallest absolute Gasteiger partial charge is 0.407 e. The van der Waals surface area contributed by atoms with Crippen molar-refractivity contribution in [2.75, 3.05) is 19.7 Å². The summed E-state index contributed by atoms with van der Waals surface area (Å²) < 4.78 is 10.9. The van der Waals surface area contributed by atoms with Crippen LogP contribution in [0.3, 0.4) is 0 Å². The first-order valence-electron chi connectivity index (χ1n) is 11.5. The summed E-state index contributed by atoms with van der Waals surface area (Å²) >= 11 is 0. The minimum absolute atomic E-state index is 0.0266. The van der Waals surface area contributed by atoms with Crippen molar-refractivity contribution in [3.63, 3.8) is 0 Å². The van der Waals surface area contributed by atoms with Gasteiger partial charge in [-0.1, -0.05) is 48.5 Å². The lowest BCUT2D eigenvalue weighted by Crippen LogP contribution is -2.31. The summed E-state index contributed by atoms with van der Waals surface area (Å²) in [6, 6.07) is 16.2. The molecule has 1 unspecified atom stereocenters. The monoisotopic (exact) mass is 475 g/mol. The molecule has 1 aliphatic heterocycles. The zero-order valence-corrected chi connectivity index (χ0v) is 19.0. The average molecular weight is 476 g/mol. The first-order chi connectivity index (χ1) is 17.0. The lowest BCUT2D eigenvalue weighted by Gasteiger charge is -2.16. The van der Waals surface area contributed by atoms with E-state index in [2.05, 4.69) is 22.4 Å². The van der Waals surface area contributed by atoms with Crippen LogP contribution in [0.25, 0.3) is 11.1 Å². The molecule has 9 nitrogen and oxygen atoms in total. The number of alkyl carbamates (subject to hydrolysis) is 1. The highest BCUT2D eigenvalue weighted by Gasteiger charge is 2.32. The lowest BCUT2D eigenvalue weighted by molar-refractivity contribution is -0.138. The predicted molar refractivity (Wildman–Crippen MR) is 125 cm³/mol. The first kappa shape index (κ1) is 22.6. The van der Waals surface area contributed by atoms with Crippen LogP contribution in [0.2, 0.25) is 0 Å². The molecule has 1 saturated heterocycles. The summed E-state index contributed by atoms with van der Waals surface area (Å²) in [5, 5.41) is 11.6. The Hall–Kier alpha value is -4.14. The summed E-state index contributed by atoms with van der Waals surface area (Å²) in [4.78, 5) is 41.8. The van der Waals surface area contributed by atoms with Gasteiger partial charge in [0, 0.05) is 25.4 Å². The van der Waals surface area contributed by atoms with E-state index < -0.39 is 12.1 Å². The van der Waals surface area contributed by atoms with Gasteiger partial charge in [-0.05, 0) is 34.6 Å². The Morgan fingerprint density at radius 2 is 1.77 bits per heavy atom. The number of aromatic nitrogens is 1. The Bertz CT molecular complexity index is 1220. The van der Waals surface area contributed by atoms with E-state index in [0.29, 0.717) is 19.5 Å². The van der Waals surface area contributed by atoms with E-state index in [1.807, 2.05) is 36.4 Å². The number of oxazole rings is 1. The number of carboxylic acid groups (broad SMARTS) is 1. The quantitative estimate of drug-likeness (QED) is 0.535. The second kappa shape index (κ2) is 9.61. The fraction of sp³-hybridized carbons (Fsp3) is 0.308. The molecule has 3 aromatic rings. The van der Waals surface area contributed by atoms with Gasteiger partial charge in [0.2, 0.25) is 0 Å². The van der Waals surface area contributed by atoms with Crippen LogP contribution in [0.5, 0.6) is 0 Å². The Morgan fingerprint density at radius 3 is 2.46 bits per heavy atom. The van der Waals surface area contributed by atoms with Gasteiger partial charge in [0.25, 0.3) is 5.91 Å². The number of hydrogen-bond donors (Lipinski definition) is 2. The standard InChI is InChI=1S/C26H25N3O6/c30-23(31)11-16-9-10-29(13-16)25(32)24-22(35-15-28-24)12-27-26(33)34-14-21-19-7-3-1-5-17(19)18-6-2-4-8-20(18)21/h1-8,15-16,21H,9-14H2,(H,27,33)(H,30,31). The Morgan fingerprint density at radius 1 is 1.09 bits per heavy atom. The molecule has 1 aliphatic carbocycles. The Balaban J connectivity index is 1.17. The van der Waals surface area contributed by atoms with Crippen LogP contribution in [0.15, 0.2) is 59.3 Å². The van der Waals surface area contributed by atoms with Crippen molar-refractivity contribution in [1.82, 2.24) is 15.2 Å². The van der Waals surface area contributed by atoms with Gasteiger partial charge >= 0.3 is 12.1 Å². The normalized spacial score (nSPS) is 16.6. The number of aliphatic carboxylic acids is 1. The van der Waals surface area contributed by atoms with Crippen molar-refractivity contribution in [2.45, 2.75) is 25.3 Å². The van der Waals surface area contributed by atoms with Gasteiger partial charge in [0.1, 0.15) is 6.61 Å². The largest absolute Gasteiger partial charge is 0.481 e. The second-order valence-electron chi connectivity index (χ2n) is 8.81. The topological polar surface area (TPSA) is 122 Å². The van der Waals surface area contributed by atoms with Gasteiger partial charge in [0.05, 0.1) is 6.54 Å². The molecule has 0 spiro atoms. The van der Waals surface area contributed by atoms with Crippen LogP contribution in [0.1, 0.15) is 46.1 Å². The molecule has 0 bridgehead atoms. The second-order valence-corrected chi connectivity index (χ2v) is 8.81. The highest BCUT2D eigenvalue weighted by Crippen LogP contribution is 2.44. The number of nitrogens with zero attached hydrogens (tertiary/aromatic N) is 2. The third-order valence-electron chi connectivity index (χ3n) is 6.62. The average Bonchev–Trinajstić information content (AvgIpc) is 3.58. The van der Waals surface area contributed by atoms with Crippen molar-refractivity contribution in [3.8, 4) is 11.1 Å². The number of carbonyl (C=O) groups is 3. The molecule has 0 saturated carbocycles. The molecule has 35 heavy (non-hydrogen) atoms. The Kier molecular flexibility index (Phi) is 6.22. The van der Waals surface area contributed by atoms with E-state index in [9.17, 15) is 14.4 Å². The van der Waals surface area contributed by atoms with Crippen LogP contribution in [-0.4, -0.2) is 52.7 Å². The molecule has 2 heterocycles. The fourth-order valence-electron chi connectivity index (χ4n) is 4.95. The molecule has 1 fully saturated rings. The summed E-state index contributed by atoms with van der Waals surface area (Å²) in [6.07, 6.45) is 1.19. The van der Waals surface area contributed by atoms with Crippen LogP contribution in [0.4, 0.5) is 4.79 Å². The molecule has 9 heteroatoms. The predicted octanol–water partition coefficient (Wildman–Crippen LogP) is 3.65. The fourth-order valence-corrected chi connectivity index (χ4v) is 4.95. The molecule has 1 atom stereocenters. The molecule has 5 rings (SSSR count). The molecule has 0 radical (unpaired) electrons. The highest BCUT2D eigenvalue weighted by atomic mass is 16.5. The summed E-state index contributed by atoms with van der Waals surface area (Å²) in [6.45, 7) is 0.949. The maximum Gasteiger partial charge on any atom is 0.407 e. The zero-order chi connectivity index (χ0) is 24.4. The summed E-state index contributed by atoms with van der Waals surface area (Å²) in [7, 11) is 0. The number of fused-ring (bicyclic) bond motifs is 3. The van der Waals surface area contributed by atoms with E-state index in [0.717, 1.165) is 28.6 Å². The number of hydrogen-bond acceptors (Lipinski definition) is 6. The number of likely N-dealkylation sites (tertiary alicyclic amines) is 1. The SMILES string of the molecule is O=C(O)CC1CCN(C(=O)c2ncoc2CNC(=O)OCC2c3ccccc3-c3ccccc32)C1. The van der Waals surface area contributed by atoms with E-state index in [4.69, 9.17) is 14.3 Å². The minimum Gasteiger partial charge on any atom is -0.481 e. The number of carboxylic acids is 1. The molecule has 2 N–H and O–H groups in total. The number of carbonyl (C=O) groups excluding carboxylic acids is 2. The molecular weight excluding hydrogens is 450 g/mol. The van der Waals surface area contributed by atoms with Crippen molar-refractivity contribution in [3.05, 3.63) is 77.5 Å². The number of benzene rings is 2. The van der Waals surface area contributed by atoms with Crippen molar-refractivity contribution in [2.24, 2.45) is 5.92 Å². The van der Waals surface area contributed by atoms with E-state index in [-0.39, 0.29) is 48.8 Å². The van der Waals surface area contributed by atoms with Crippen LogP contribution in [0, 0.1) is 5.92 Å². The van der Waals surface area contributed by atoms with Gasteiger partial charge in [-0.2, -0.15) is 0 Å². The van der Waals surface area contributed by atoms with Crippen molar-refractivity contribution >= 4 is 18.0 Å². The number of ether oxygens (including phenoxy) is 1. The van der Waals surface area contributed by atoms with Gasteiger partial charge < -0.3 is 24.5 Å². The highest BCUT2D eigenvalue weighted by molar-refractivity contribution is 5.93. The van der Waals surface area contributed by atoms with Crippen molar-refractivity contribution < 1.29 is 28.6 Å². The molecule has 2 amide bonds. The maximum absolute atomic E-state index is 12.9. The van der Waals surface area contributed by atoms with Gasteiger partial charge in [-0.15, -0.1) is 0 Å². The molecular formula is C26H25N3O6. The van der Waals surface area contributed by atoms with Crippen LogP contribution in [-0.2, 0) is 16.1 Å². The van der Waals surface area contributed by atoms with Crippen molar-refractivity contribution in [1.29, 1.82) is 0 Å². The van der Waals surface area contributed by atoms with E-state index >= 15 is 0 Å². The maximum atomic E-state index is 12.9. The number of amides is 2. The molecule has 2 aromatic carbocycles. The van der Waals surface area contributed by atoms with Crippen LogP contribution < -0.4 is 5.32 Å². The zero-order valence-electron chi connectivity index (χ0n) is 19.0. The third-order valence-corrected chi connectivity index (χ3v) is 6.62. The minimum atomic E-state index is -0.876. The van der Waals surface area contributed by atoms with Crippen LogP contribution >= 0.6 is 0 Å². The molecule has 1 aromatic heterocycles. The number of rotatable bonds is 7. The molecule has 180 valence electrons. The third kappa shape index (κ3) is 4.62. The van der Waals surface area contributed by atoms with Gasteiger partial charge in [-0.3, -0.25) is 9.59 Å². The molecule has 2 aliphatic rings. The lowest BCUT2D eigenvalue weighted by atomic mass is 9.98. The number of nitrogens with one attached hydrogen (secondary N) is 1. The van der Waals surface area contributed by atoms with Gasteiger partial charge in [-0.25, -0.2) is 9.78 Å².